The van der Waals surface area contributed by atoms with Gasteiger partial charge in [-0.05, 0) is 26.2 Å². The predicted octanol–water partition coefficient (Wildman–Crippen LogP) is -0.251. The minimum absolute atomic E-state index is 0.00254. The summed E-state index contributed by atoms with van der Waals surface area (Å²) in [5, 5.41) is 10.7. The molecule has 1 rings (SSSR count). The van der Waals surface area contributed by atoms with Gasteiger partial charge in [0, 0.05) is 6.54 Å². The second kappa shape index (κ2) is 7.25. The Morgan fingerprint density at radius 1 is 1.33 bits per heavy atom. The zero-order chi connectivity index (χ0) is 16.0. The topological polar surface area (TPSA) is 122 Å². The number of rotatable bonds is 6. The van der Waals surface area contributed by atoms with E-state index in [1.54, 1.807) is 0 Å². The highest BCUT2D eigenvalue weighted by molar-refractivity contribution is 6.36. The molecule has 0 aliphatic rings. The molecule has 8 heteroatoms. The number of likely N-dealkylation sites (N-methyl/N-ethyl adjacent to an activating group) is 1. The van der Waals surface area contributed by atoms with Crippen LogP contribution in [0.3, 0.4) is 0 Å². The maximum absolute atomic E-state index is 11.5. The normalized spacial score (nSPS) is 10.2. The minimum atomic E-state index is -1.66. The fourth-order valence-electron chi connectivity index (χ4n) is 1.52. The number of aliphatic carboxylic acids is 1. The van der Waals surface area contributed by atoms with Crippen LogP contribution in [-0.4, -0.2) is 55.0 Å². The van der Waals surface area contributed by atoms with Gasteiger partial charge in [-0.15, -0.1) is 0 Å². The Hall–Kier alpha value is -2.61. The number of anilines is 1. The first kappa shape index (κ1) is 16.4. The van der Waals surface area contributed by atoms with Gasteiger partial charge in [-0.1, -0.05) is 6.07 Å². The van der Waals surface area contributed by atoms with Crippen LogP contribution in [0, 0.1) is 0 Å². The second-order valence-electron chi connectivity index (χ2n) is 4.45. The number of ether oxygens (including phenoxy) is 1. The van der Waals surface area contributed by atoms with Gasteiger partial charge in [-0.25, -0.2) is 4.79 Å². The zero-order valence-electron chi connectivity index (χ0n) is 11.8. The molecule has 0 atom stereocenters. The number of amides is 2. The predicted molar refractivity (Wildman–Crippen MR) is 75.3 cm³/mol. The number of primary amides is 1. The Morgan fingerprint density at radius 2 is 2.00 bits per heavy atom. The van der Waals surface area contributed by atoms with E-state index in [9.17, 15) is 14.4 Å². The number of carboxylic acids is 1. The first-order valence-electron chi connectivity index (χ1n) is 6.07. The highest BCUT2D eigenvalue weighted by Crippen LogP contribution is 2.26. The van der Waals surface area contributed by atoms with Crippen molar-refractivity contribution in [3.8, 4) is 5.75 Å². The number of carboxylic acid groups (broad SMARTS) is 1. The van der Waals surface area contributed by atoms with Gasteiger partial charge in [-0.3, -0.25) is 9.59 Å². The van der Waals surface area contributed by atoms with Gasteiger partial charge in [0.25, 0.3) is 5.91 Å². The fourth-order valence-corrected chi connectivity index (χ4v) is 1.52. The van der Waals surface area contributed by atoms with E-state index in [0.717, 1.165) is 0 Å². The van der Waals surface area contributed by atoms with Gasteiger partial charge in [0.15, 0.2) is 0 Å². The highest BCUT2D eigenvalue weighted by Gasteiger charge is 2.19. The van der Waals surface area contributed by atoms with E-state index in [-0.39, 0.29) is 17.0 Å². The molecule has 0 bridgehead atoms. The molecule has 1 aromatic rings. The van der Waals surface area contributed by atoms with Gasteiger partial charge >= 0.3 is 11.9 Å². The molecule has 2 amide bonds. The second-order valence-corrected chi connectivity index (χ2v) is 4.45. The van der Waals surface area contributed by atoms with Crippen molar-refractivity contribution in [2.45, 2.75) is 0 Å². The van der Waals surface area contributed by atoms with Crippen LogP contribution < -0.4 is 15.8 Å². The number of carbonyl (C=O) groups excluding carboxylic acids is 2. The SMILES string of the molecule is CN(C)CCOc1cccc(NC(=O)C(=O)O)c1C(N)=O. The van der Waals surface area contributed by atoms with Crippen molar-refractivity contribution in [1.29, 1.82) is 0 Å². The number of nitrogens with one attached hydrogen (secondary N) is 1. The lowest BCUT2D eigenvalue weighted by Crippen LogP contribution is -2.25. The lowest BCUT2D eigenvalue weighted by molar-refractivity contribution is -0.147. The van der Waals surface area contributed by atoms with E-state index in [1.165, 1.54) is 18.2 Å². The average Bonchev–Trinajstić information content (AvgIpc) is 2.37. The molecular formula is C13H17N3O5. The van der Waals surface area contributed by atoms with E-state index >= 15 is 0 Å². The molecule has 0 radical (unpaired) electrons. The Labute approximate surface area is 121 Å². The lowest BCUT2D eigenvalue weighted by Gasteiger charge is -2.15. The summed E-state index contributed by atoms with van der Waals surface area (Å²) in [6.07, 6.45) is 0. The van der Waals surface area contributed by atoms with E-state index in [1.807, 2.05) is 19.0 Å². The number of hydrogen-bond donors (Lipinski definition) is 3. The summed E-state index contributed by atoms with van der Waals surface area (Å²) in [5.41, 5.74) is 5.20. The molecule has 0 aliphatic carbocycles. The van der Waals surface area contributed by atoms with Crippen LogP contribution in [0.1, 0.15) is 10.4 Å². The third kappa shape index (κ3) is 4.77. The first-order valence-corrected chi connectivity index (χ1v) is 6.07. The quantitative estimate of drug-likeness (QED) is 0.622. The van der Waals surface area contributed by atoms with Crippen molar-refractivity contribution in [3.05, 3.63) is 23.8 Å². The first-order chi connectivity index (χ1) is 9.82. The van der Waals surface area contributed by atoms with Crippen molar-refractivity contribution < 1.29 is 24.2 Å². The monoisotopic (exact) mass is 295 g/mol. The van der Waals surface area contributed by atoms with Gasteiger partial charge in [0.05, 0.1) is 5.69 Å². The van der Waals surface area contributed by atoms with Crippen molar-refractivity contribution in [2.75, 3.05) is 32.6 Å². The standard InChI is InChI=1S/C13H17N3O5/c1-16(2)6-7-21-9-5-3-4-8(10(9)11(14)17)15-12(18)13(19)20/h3-5H,6-7H2,1-2H3,(H2,14,17)(H,15,18)(H,19,20). The lowest BCUT2D eigenvalue weighted by atomic mass is 10.1. The molecule has 0 aliphatic heterocycles. The molecule has 114 valence electrons. The van der Waals surface area contributed by atoms with E-state index < -0.39 is 17.8 Å². The molecule has 0 fully saturated rings. The van der Waals surface area contributed by atoms with Crippen LogP contribution in [0.25, 0.3) is 0 Å². The number of nitrogens with zero attached hydrogens (tertiary/aromatic N) is 1. The molecule has 4 N–H and O–H groups in total. The van der Waals surface area contributed by atoms with Gasteiger partial charge in [0.2, 0.25) is 0 Å². The van der Waals surface area contributed by atoms with Gasteiger partial charge in [-0.2, -0.15) is 0 Å². The number of benzene rings is 1. The van der Waals surface area contributed by atoms with E-state index in [2.05, 4.69) is 5.32 Å². The number of hydrogen-bond acceptors (Lipinski definition) is 5. The molecule has 0 heterocycles. The molecule has 21 heavy (non-hydrogen) atoms. The largest absolute Gasteiger partial charge is 0.491 e. The van der Waals surface area contributed by atoms with Gasteiger partial charge in [0.1, 0.15) is 17.9 Å². The minimum Gasteiger partial charge on any atom is -0.491 e. The summed E-state index contributed by atoms with van der Waals surface area (Å²) in [7, 11) is 3.73. The molecule has 0 aromatic heterocycles. The van der Waals surface area contributed by atoms with Crippen LogP contribution >= 0.6 is 0 Å². The zero-order valence-corrected chi connectivity index (χ0v) is 11.8. The van der Waals surface area contributed by atoms with Crippen molar-refractivity contribution in [3.63, 3.8) is 0 Å². The summed E-state index contributed by atoms with van der Waals surface area (Å²) >= 11 is 0. The number of carbonyl (C=O) groups is 3. The number of nitrogens with two attached hydrogens (primary N) is 1. The van der Waals surface area contributed by atoms with Crippen LogP contribution in [0.15, 0.2) is 18.2 Å². The third-order valence-electron chi connectivity index (χ3n) is 2.51. The van der Waals surface area contributed by atoms with Crippen LogP contribution in [0.5, 0.6) is 5.75 Å². The molecule has 0 saturated heterocycles. The summed E-state index contributed by atoms with van der Waals surface area (Å²) in [5.74, 6) is -3.56. The molecule has 8 nitrogen and oxygen atoms in total. The summed E-state index contributed by atoms with van der Waals surface area (Å²) < 4.78 is 5.45. The molecule has 0 spiro atoms. The van der Waals surface area contributed by atoms with Crippen molar-refractivity contribution in [2.24, 2.45) is 5.73 Å². The van der Waals surface area contributed by atoms with Crippen LogP contribution in [0.2, 0.25) is 0 Å². The Balaban J connectivity index is 3.01. The van der Waals surface area contributed by atoms with E-state index in [0.29, 0.717) is 13.2 Å². The summed E-state index contributed by atoms with van der Waals surface area (Å²) in [6, 6.07) is 4.42. The molecule has 0 unspecified atom stereocenters. The molecule has 1 aromatic carbocycles. The Bertz CT molecular complexity index is 557. The van der Waals surface area contributed by atoms with Crippen molar-refractivity contribution >= 4 is 23.5 Å². The maximum Gasteiger partial charge on any atom is 0.394 e. The van der Waals surface area contributed by atoms with E-state index in [4.69, 9.17) is 15.6 Å². The summed E-state index contributed by atoms with van der Waals surface area (Å²) in [6.45, 7) is 0.924. The van der Waals surface area contributed by atoms with Crippen LogP contribution in [-0.2, 0) is 9.59 Å². The fraction of sp³-hybridized carbons (Fsp3) is 0.308. The average molecular weight is 295 g/mol. The molecule has 0 saturated carbocycles. The summed E-state index contributed by atoms with van der Waals surface area (Å²) in [4.78, 5) is 35.2. The maximum atomic E-state index is 11.5. The Kier molecular flexibility index (Phi) is 5.67. The van der Waals surface area contributed by atoms with Crippen LogP contribution in [0.4, 0.5) is 5.69 Å². The van der Waals surface area contributed by atoms with Gasteiger partial charge < -0.3 is 25.8 Å². The smallest absolute Gasteiger partial charge is 0.394 e. The molecular weight excluding hydrogens is 278 g/mol. The van der Waals surface area contributed by atoms with Crippen molar-refractivity contribution in [1.82, 2.24) is 4.90 Å². The highest BCUT2D eigenvalue weighted by atomic mass is 16.5. The Morgan fingerprint density at radius 3 is 2.52 bits per heavy atom. The third-order valence-corrected chi connectivity index (χ3v) is 2.51.